The second-order valence-corrected chi connectivity index (χ2v) is 9.08. The summed E-state index contributed by atoms with van der Waals surface area (Å²) in [7, 11) is 0. The van der Waals surface area contributed by atoms with E-state index in [0.717, 1.165) is 49.5 Å². The molecule has 0 saturated carbocycles. The second-order valence-electron chi connectivity index (χ2n) is 7.85. The summed E-state index contributed by atoms with van der Waals surface area (Å²) in [5.74, 6) is 4.04. The summed E-state index contributed by atoms with van der Waals surface area (Å²) in [5, 5.41) is 4.15. The van der Waals surface area contributed by atoms with Crippen molar-refractivity contribution in [3.8, 4) is 11.4 Å². The molecule has 2 aliphatic heterocycles. The average molecular weight is 401 g/mol. The zero-order valence-electron chi connectivity index (χ0n) is 16.6. The number of nitrogens with zero attached hydrogens (tertiary/aromatic N) is 4. The highest BCUT2D eigenvalue weighted by molar-refractivity contribution is 7.99. The molecule has 1 atom stereocenters. The standard InChI is InChI=1S/C21H28N4O2S/c1-15(2)16-5-7-17(8-6-16)20-22-19(27-23-20)14-25-9-3-4-18(25)21(26)24-10-12-28-13-11-24/h5-8,15,18H,3-4,9-14H2,1-2H3. The highest BCUT2D eigenvalue weighted by Gasteiger charge is 2.35. The van der Waals surface area contributed by atoms with Crippen LogP contribution in [-0.4, -0.2) is 63.0 Å². The highest BCUT2D eigenvalue weighted by Crippen LogP contribution is 2.25. The van der Waals surface area contributed by atoms with E-state index in [1.165, 1.54) is 5.56 Å². The lowest BCUT2D eigenvalue weighted by molar-refractivity contribution is -0.135. The smallest absolute Gasteiger partial charge is 0.241 e. The summed E-state index contributed by atoms with van der Waals surface area (Å²) in [6, 6.07) is 8.26. The number of rotatable bonds is 5. The van der Waals surface area contributed by atoms with Crippen LogP contribution in [0.4, 0.5) is 0 Å². The fourth-order valence-electron chi connectivity index (χ4n) is 3.92. The molecule has 1 aromatic carbocycles. The Morgan fingerprint density at radius 1 is 1.21 bits per heavy atom. The first-order valence-electron chi connectivity index (χ1n) is 10.2. The van der Waals surface area contributed by atoms with Crippen LogP contribution >= 0.6 is 11.8 Å². The number of carbonyl (C=O) groups excluding carboxylic acids is 1. The molecule has 1 unspecified atom stereocenters. The van der Waals surface area contributed by atoms with Gasteiger partial charge >= 0.3 is 0 Å². The zero-order chi connectivity index (χ0) is 19.5. The Balaban J connectivity index is 1.42. The molecule has 150 valence electrons. The Bertz CT molecular complexity index is 799. The lowest BCUT2D eigenvalue weighted by Crippen LogP contribution is -2.48. The maximum Gasteiger partial charge on any atom is 0.241 e. The van der Waals surface area contributed by atoms with E-state index in [0.29, 0.717) is 24.2 Å². The quantitative estimate of drug-likeness (QED) is 0.767. The number of hydrogen-bond acceptors (Lipinski definition) is 6. The monoisotopic (exact) mass is 400 g/mol. The third-order valence-electron chi connectivity index (χ3n) is 5.61. The van der Waals surface area contributed by atoms with Gasteiger partial charge in [0.15, 0.2) is 0 Å². The number of likely N-dealkylation sites (tertiary alicyclic amines) is 1. The predicted molar refractivity (Wildman–Crippen MR) is 111 cm³/mol. The van der Waals surface area contributed by atoms with Crippen molar-refractivity contribution < 1.29 is 9.32 Å². The van der Waals surface area contributed by atoms with E-state index in [1.54, 1.807) is 0 Å². The molecule has 0 aliphatic carbocycles. The van der Waals surface area contributed by atoms with Gasteiger partial charge in [0.25, 0.3) is 0 Å². The van der Waals surface area contributed by atoms with Crippen LogP contribution in [0.15, 0.2) is 28.8 Å². The first-order valence-corrected chi connectivity index (χ1v) is 11.3. The van der Waals surface area contributed by atoms with Crippen molar-refractivity contribution in [2.75, 3.05) is 31.1 Å². The van der Waals surface area contributed by atoms with Crippen molar-refractivity contribution in [2.24, 2.45) is 0 Å². The molecule has 0 bridgehead atoms. The minimum atomic E-state index is -0.0521. The highest BCUT2D eigenvalue weighted by atomic mass is 32.2. The van der Waals surface area contributed by atoms with Crippen LogP contribution in [0.1, 0.15) is 44.1 Å². The minimum absolute atomic E-state index is 0.0521. The Kier molecular flexibility index (Phi) is 6.01. The van der Waals surface area contributed by atoms with Crippen LogP contribution in [0.25, 0.3) is 11.4 Å². The lowest BCUT2D eigenvalue weighted by Gasteiger charge is -2.31. The van der Waals surface area contributed by atoms with E-state index >= 15 is 0 Å². The summed E-state index contributed by atoms with van der Waals surface area (Å²) in [5.41, 5.74) is 2.25. The summed E-state index contributed by atoms with van der Waals surface area (Å²) in [6.07, 6.45) is 1.96. The van der Waals surface area contributed by atoms with Crippen LogP contribution in [0, 0.1) is 0 Å². The fourth-order valence-corrected chi connectivity index (χ4v) is 4.82. The van der Waals surface area contributed by atoms with Crippen LogP contribution < -0.4 is 0 Å². The largest absolute Gasteiger partial charge is 0.340 e. The third-order valence-corrected chi connectivity index (χ3v) is 6.56. The maximum absolute atomic E-state index is 12.9. The molecular formula is C21H28N4O2S. The molecule has 2 saturated heterocycles. The number of benzene rings is 1. The van der Waals surface area contributed by atoms with Gasteiger partial charge < -0.3 is 9.42 Å². The van der Waals surface area contributed by atoms with E-state index in [1.807, 2.05) is 28.8 Å². The Labute approximate surface area is 170 Å². The van der Waals surface area contributed by atoms with Crippen LogP contribution in [0.3, 0.4) is 0 Å². The van der Waals surface area contributed by atoms with E-state index < -0.39 is 0 Å². The molecule has 0 N–H and O–H groups in total. The number of amides is 1. The molecule has 28 heavy (non-hydrogen) atoms. The summed E-state index contributed by atoms with van der Waals surface area (Å²) in [6.45, 7) is 7.53. The van der Waals surface area contributed by atoms with Crippen molar-refractivity contribution in [1.82, 2.24) is 19.9 Å². The average Bonchev–Trinajstić information content (AvgIpc) is 3.38. The topological polar surface area (TPSA) is 62.5 Å². The van der Waals surface area contributed by atoms with Gasteiger partial charge in [0.1, 0.15) is 0 Å². The number of carbonyl (C=O) groups is 1. The SMILES string of the molecule is CC(C)c1ccc(-c2noc(CN3CCCC3C(=O)N3CCSCC3)n2)cc1. The van der Waals surface area contributed by atoms with Gasteiger partial charge in [0.05, 0.1) is 12.6 Å². The minimum Gasteiger partial charge on any atom is -0.340 e. The van der Waals surface area contributed by atoms with Gasteiger partial charge in [-0.15, -0.1) is 0 Å². The molecule has 7 heteroatoms. The van der Waals surface area contributed by atoms with Gasteiger partial charge in [-0.2, -0.15) is 16.7 Å². The lowest BCUT2D eigenvalue weighted by atomic mass is 10.0. The molecule has 2 aromatic rings. The molecule has 2 fully saturated rings. The van der Waals surface area contributed by atoms with Gasteiger partial charge in [0.2, 0.25) is 17.6 Å². The molecule has 1 amide bonds. The van der Waals surface area contributed by atoms with Gasteiger partial charge in [0, 0.05) is 30.2 Å². The molecule has 3 heterocycles. The molecule has 6 nitrogen and oxygen atoms in total. The second kappa shape index (κ2) is 8.66. The molecule has 1 aromatic heterocycles. The molecule has 2 aliphatic rings. The van der Waals surface area contributed by atoms with Gasteiger partial charge in [-0.25, -0.2) is 0 Å². The van der Waals surface area contributed by atoms with Crippen molar-refractivity contribution in [1.29, 1.82) is 0 Å². The molecule has 0 spiro atoms. The number of aromatic nitrogens is 2. The number of thioether (sulfide) groups is 1. The fraction of sp³-hybridized carbons (Fsp3) is 0.571. The van der Waals surface area contributed by atoms with Gasteiger partial charge in [-0.1, -0.05) is 43.3 Å². The van der Waals surface area contributed by atoms with Crippen molar-refractivity contribution in [3.05, 3.63) is 35.7 Å². The van der Waals surface area contributed by atoms with Crippen molar-refractivity contribution in [3.63, 3.8) is 0 Å². The first-order chi connectivity index (χ1) is 13.6. The maximum atomic E-state index is 12.9. The van der Waals surface area contributed by atoms with E-state index in [4.69, 9.17) is 4.52 Å². The summed E-state index contributed by atoms with van der Waals surface area (Å²) < 4.78 is 5.50. The normalized spacial score (nSPS) is 20.8. The van der Waals surface area contributed by atoms with Gasteiger partial charge in [-0.05, 0) is 30.9 Å². The van der Waals surface area contributed by atoms with E-state index in [9.17, 15) is 4.79 Å². The Morgan fingerprint density at radius 3 is 2.68 bits per heavy atom. The first kappa shape index (κ1) is 19.5. The molecule has 0 radical (unpaired) electrons. The Morgan fingerprint density at radius 2 is 1.96 bits per heavy atom. The zero-order valence-corrected chi connectivity index (χ0v) is 17.5. The molecular weight excluding hydrogens is 372 g/mol. The van der Waals surface area contributed by atoms with Crippen LogP contribution in [0.2, 0.25) is 0 Å². The van der Waals surface area contributed by atoms with E-state index in [2.05, 4.69) is 41.0 Å². The third kappa shape index (κ3) is 4.25. The summed E-state index contributed by atoms with van der Waals surface area (Å²) >= 11 is 1.92. The summed E-state index contributed by atoms with van der Waals surface area (Å²) in [4.78, 5) is 21.7. The predicted octanol–water partition coefficient (Wildman–Crippen LogP) is 3.40. The van der Waals surface area contributed by atoms with E-state index in [-0.39, 0.29) is 11.9 Å². The molecule has 4 rings (SSSR count). The van der Waals surface area contributed by atoms with Crippen LogP contribution in [-0.2, 0) is 11.3 Å². The number of hydrogen-bond donors (Lipinski definition) is 0. The van der Waals surface area contributed by atoms with Crippen molar-refractivity contribution in [2.45, 2.75) is 45.2 Å². The van der Waals surface area contributed by atoms with Gasteiger partial charge in [-0.3, -0.25) is 9.69 Å². The Hall–Kier alpha value is -1.86. The van der Waals surface area contributed by atoms with Crippen molar-refractivity contribution >= 4 is 17.7 Å². The van der Waals surface area contributed by atoms with Crippen LogP contribution in [0.5, 0.6) is 0 Å².